The van der Waals surface area contributed by atoms with Gasteiger partial charge in [0.1, 0.15) is 29.5 Å². The molecule has 2 N–H and O–H groups in total. The number of halogens is 3. The van der Waals surface area contributed by atoms with Crippen LogP contribution in [-0.4, -0.2) is 59.0 Å². The molecule has 0 radical (unpaired) electrons. The average Bonchev–Trinajstić information content (AvgIpc) is 3.21. The van der Waals surface area contributed by atoms with E-state index in [1.165, 1.54) is 15.0 Å². The zero-order valence-electron chi connectivity index (χ0n) is 16.4. The Morgan fingerprint density at radius 3 is 2.53 bits per heavy atom. The number of aromatic nitrogens is 3. The molecule has 2 aromatic rings. The van der Waals surface area contributed by atoms with Gasteiger partial charge in [-0.3, -0.25) is 0 Å². The van der Waals surface area contributed by atoms with Gasteiger partial charge in [-0.05, 0) is 32.1 Å². The fraction of sp³-hybridized carbons (Fsp3) is 0.611. The zero-order chi connectivity index (χ0) is 22.1. The number of nitrogens with zero attached hydrogens (tertiary/aromatic N) is 5. The van der Waals surface area contributed by atoms with Gasteiger partial charge < -0.3 is 5.73 Å². The van der Waals surface area contributed by atoms with Gasteiger partial charge in [-0.1, -0.05) is 0 Å². The normalized spacial score (nSPS) is 25.0. The van der Waals surface area contributed by atoms with E-state index in [9.17, 15) is 21.6 Å². The zero-order valence-corrected chi connectivity index (χ0v) is 17.2. The summed E-state index contributed by atoms with van der Waals surface area (Å²) < 4.78 is 64.9. The van der Waals surface area contributed by atoms with Crippen LogP contribution < -0.4 is 5.73 Å². The first kappa shape index (κ1) is 22.3. The predicted molar refractivity (Wildman–Crippen MR) is 104 cm³/mol. The van der Waals surface area contributed by atoms with Crippen LogP contribution >= 0.6 is 0 Å². The number of piperidine rings is 1. The summed E-state index contributed by atoms with van der Waals surface area (Å²) in [5.41, 5.74) is 5.65. The van der Waals surface area contributed by atoms with Gasteiger partial charge in [-0.15, -0.1) is 5.10 Å². The number of fused-ring (bicyclic) bond motifs is 1. The Morgan fingerprint density at radius 1 is 1.27 bits per heavy atom. The molecule has 0 bridgehead atoms. The van der Waals surface area contributed by atoms with Crippen LogP contribution in [-0.2, 0) is 10.0 Å². The Morgan fingerprint density at radius 2 is 2.00 bits per heavy atom. The Balaban J connectivity index is 0.000000199. The molecule has 1 saturated carbocycles. The van der Waals surface area contributed by atoms with Gasteiger partial charge in [0.15, 0.2) is 5.82 Å². The molecule has 1 aliphatic carbocycles. The summed E-state index contributed by atoms with van der Waals surface area (Å²) in [7, 11) is -3.17. The highest BCUT2D eigenvalue weighted by molar-refractivity contribution is 7.88. The van der Waals surface area contributed by atoms with Crippen molar-refractivity contribution in [2.45, 2.75) is 50.4 Å². The maximum absolute atomic E-state index is 14.1. The number of rotatable bonds is 2. The number of nitrogens with two attached hydrogens (primary N) is 1. The molecule has 1 saturated heterocycles. The van der Waals surface area contributed by atoms with Crippen molar-refractivity contribution in [2.24, 2.45) is 0 Å². The lowest BCUT2D eigenvalue weighted by Gasteiger charge is -2.26. The van der Waals surface area contributed by atoms with E-state index in [0.717, 1.165) is 6.26 Å². The van der Waals surface area contributed by atoms with Crippen LogP contribution in [0.25, 0.3) is 5.52 Å². The molecule has 4 rings (SSSR count). The SMILES string of the molecule is CS(=O)(=O)N1CCCC(F)C1.N#Cc1c(F)c2cnc(N)nn2c1C1CCCC1F. The van der Waals surface area contributed by atoms with Gasteiger partial charge in [0.2, 0.25) is 16.0 Å². The number of sulfonamides is 1. The third kappa shape index (κ3) is 4.52. The first-order chi connectivity index (χ1) is 14.1. The summed E-state index contributed by atoms with van der Waals surface area (Å²) in [6, 6.07) is 1.80. The standard InChI is InChI=1S/C12H11F2N5.C6H12FNO2S/c13-8-3-1-2-6(8)11-7(4-15)10(14)9-5-17-12(16)18-19(9)11;1-11(9,10)8-4-2-3-6(7)5-8/h5-6,8H,1-3H2,(H2,16,18);6H,2-5H2,1H3. The van der Waals surface area contributed by atoms with Crippen LogP contribution in [0.1, 0.15) is 49.3 Å². The van der Waals surface area contributed by atoms with Crippen molar-refractivity contribution in [3.05, 3.63) is 23.3 Å². The molecule has 0 aromatic carbocycles. The molecule has 164 valence electrons. The Hall–Kier alpha value is -2.39. The molecular weight excluding hydrogens is 421 g/mol. The van der Waals surface area contributed by atoms with Gasteiger partial charge >= 0.3 is 0 Å². The summed E-state index contributed by atoms with van der Waals surface area (Å²) in [6.45, 7) is 0.512. The highest BCUT2D eigenvalue weighted by Gasteiger charge is 2.35. The smallest absolute Gasteiger partial charge is 0.238 e. The molecule has 30 heavy (non-hydrogen) atoms. The van der Waals surface area contributed by atoms with Crippen LogP contribution in [0.3, 0.4) is 0 Å². The fourth-order valence-corrected chi connectivity index (χ4v) is 4.80. The average molecular weight is 444 g/mol. The van der Waals surface area contributed by atoms with E-state index in [-0.39, 0.29) is 29.3 Å². The monoisotopic (exact) mass is 444 g/mol. The van der Waals surface area contributed by atoms with E-state index in [4.69, 9.17) is 11.0 Å². The molecule has 3 unspecified atom stereocenters. The van der Waals surface area contributed by atoms with E-state index in [0.29, 0.717) is 38.6 Å². The van der Waals surface area contributed by atoms with Crippen LogP contribution in [0.5, 0.6) is 0 Å². The van der Waals surface area contributed by atoms with Crippen LogP contribution in [0, 0.1) is 17.1 Å². The third-order valence-corrected chi connectivity index (χ3v) is 6.64. The minimum Gasteiger partial charge on any atom is -0.367 e. The third-order valence-electron chi connectivity index (χ3n) is 5.37. The first-order valence-electron chi connectivity index (χ1n) is 9.59. The molecule has 1 aliphatic heterocycles. The number of hydrogen-bond acceptors (Lipinski definition) is 6. The number of anilines is 1. The highest BCUT2D eigenvalue weighted by atomic mass is 32.2. The number of hydrogen-bond donors (Lipinski definition) is 1. The maximum atomic E-state index is 14.1. The fourth-order valence-electron chi connectivity index (χ4n) is 3.91. The Kier molecular flexibility index (Phi) is 6.52. The molecular formula is C18H23F3N6O2S. The van der Waals surface area contributed by atoms with E-state index < -0.39 is 34.1 Å². The maximum Gasteiger partial charge on any atom is 0.238 e. The lowest BCUT2D eigenvalue weighted by Crippen LogP contribution is -2.39. The lowest BCUT2D eigenvalue weighted by atomic mass is 9.99. The molecule has 8 nitrogen and oxygen atoms in total. The molecule has 2 aromatic heterocycles. The van der Waals surface area contributed by atoms with Crippen LogP contribution in [0.4, 0.5) is 19.1 Å². The summed E-state index contributed by atoms with van der Waals surface area (Å²) in [5, 5.41) is 13.0. The van der Waals surface area contributed by atoms with Crippen molar-refractivity contribution in [2.75, 3.05) is 25.1 Å². The topological polar surface area (TPSA) is 117 Å². The summed E-state index contributed by atoms with van der Waals surface area (Å²) in [5.74, 6) is -1.26. The first-order valence-corrected chi connectivity index (χ1v) is 11.4. The molecule has 12 heteroatoms. The Labute approximate surface area is 172 Å². The van der Waals surface area contributed by atoms with Gasteiger partial charge in [0.25, 0.3) is 0 Å². The second kappa shape index (κ2) is 8.77. The molecule has 3 heterocycles. The molecule has 0 spiro atoms. The van der Waals surface area contributed by atoms with Crippen molar-refractivity contribution in [3.63, 3.8) is 0 Å². The van der Waals surface area contributed by atoms with Crippen molar-refractivity contribution in [3.8, 4) is 6.07 Å². The van der Waals surface area contributed by atoms with Gasteiger partial charge in [0, 0.05) is 19.0 Å². The van der Waals surface area contributed by atoms with Crippen molar-refractivity contribution in [1.29, 1.82) is 5.26 Å². The molecule has 0 amide bonds. The van der Waals surface area contributed by atoms with Gasteiger partial charge in [0.05, 0.1) is 18.1 Å². The van der Waals surface area contributed by atoms with Gasteiger partial charge in [-0.2, -0.15) is 9.57 Å². The molecule has 3 atom stereocenters. The minimum absolute atomic E-state index is 0.0401. The van der Waals surface area contributed by atoms with E-state index in [1.54, 1.807) is 6.07 Å². The van der Waals surface area contributed by atoms with Crippen molar-refractivity contribution >= 4 is 21.5 Å². The quantitative estimate of drug-likeness (QED) is 0.760. The Bertz CT molecular complexity index is 1070. The summed E-state index contributed by atoms with van der Waals surface area (Å²) >= 11 is 0. The van der Waals surface area contributed by atoms with Gasteiger partial charge in [-0.25, -0.2) is 31.1 Å². The van der Waals surface area contributed by atoms with Crippen molar-refractivity contribution in [1.82, 2.24) is 18.9 Å². The number of nitrogen functional groups attached to an aromatic ring is 1. The second-order valence-electron chi connectivity index (χ2n) is 7.51. The number of alkyl halides is 2. The molecule has 2 fully saturated rings. The van der Waals surface area contributed by atoms with Crippen LogP contribution in [0.2, 0.25) is 0 Å². The molecule has 2 aliphatic rings. The largest absolute Gasteiger partial charge is 0.367 e. The van der Waals surface area contributed by atoms with E-state index in [1.807, 2.05) is 0 Å². The summed E-state index contributed by atoms with van der Waals surface area (Å²) in [4.78, 5) is 3.71. The second-order valence-corrected chi connectivity index (χ2v) is 9.50. The predicted octanol–water partition coefficient (Wildman–Crippen LogP) is 2.31. The number of nitriles is 1. The van der Waals surface area contributed by atoms with E-state index in [2.05, 4.69) is 10.1 Å². The minimum atomic E-state index is -3.17. The highest BCUT2D eigenvalue weighted by Crippen LogP contribution is 2.39. The van der Waals surface area contributed by atoms with Crippen molar-refractivity contribution < 1.29 is 21.6 Å². The summed E-state index contributed by atoms with van der Waals surface area (Å²) in [6.07, 6.45) is 3.11. The van der Waals surface area contributed by atoms with Crippen LogP contribution in [0.15, 0.2) is 6.20 Å². The lowest BCUT2D eigenvalue weighted by molar-refractivity contribution is 0.203. The van der Waals surface area contributed by atoms with E-state index >= 15 is 0 Å².